The van der Waals surface area contributed by atoms with E-state index in [-0.39, 0.29) is 18.0 Å². The Labute approximate surface area is 153 Å². The monoisotopic (exact) mass is 366 g/mol. The normalized spacial score (nSPS) is 10.0. The van der Waals surface area contributed by atoms with Crippen LogP contribution in [-0.4, -0.2) is 63.6 Å². The van der Waals surface area contributed by atoms with Crippen molar-refractivity contribution in [2.24, 2.45) is 0 Å². The van der Waals surface area contributed by atoms with E-state index in [1.54, 1.807) is 26.2 Å². The number of nitrogens with one attached hydrogen (secondary N) is 1. The van der Waals surface area contributed by atoms with E-state index < -0.39 is 18.5 Å². The minimum Gasteiger partial charge on any atom is -0.493 e. The van der Waals surface area contributed by atoms with Crippen molar-refractivity contribution in [3.63, 3.8) is 0 Å². The number of carbonyl (C=O) groups is 3. The topological polar surface area (TPSA) is 94.2 Å². The van der Waals surface area contributed by atoms with Crippen LogP contribution in [0.25, 0.3) is 0 Å². The first-order valence-electron chi connectivity index (χ1n) is 8.33. The highest BCUT2D eigenvalue weighted by atomic mass is 16.5. The van der Waals surface area contributed by atoms with E-state index in [0.717, 1.165) is 12.8 Å². The van der Waals surface area contributed by atoms with E-state index in [0.29, 0.717) is 18.1 Å². The Morgan fingerprint density at radius 2 is 1.88 bits per heavy atom. The Morgan fingerprint density at radius 3 is 2.50 bits per heavy atom. The van der Waals surface area contributed by atoms with Crippen LogP contribution >= 0.6 is 0 Å². The number of hydrogen-bond donors (Lipinski definition) is 1. The molecule has 0 saturated carbocycles. The van der Waals surface area contributed by atoms with Crippen LogP contribution in [0, 0.1) is 0 Å². The molecule has 8 heteroatoms. The van der Waals surface area contributed by atoms with Gasteiger partial charge in [-0.15, -0.1) is 0 Å². The van der Waals surface area contributed by atoms with Gasteiger partial charge in [0.15, 0.2) is 18.1 Å². The van der Waals surface area contributed by atoms with Crippen molar-refractivity contribution in [1.29, 1.82) is 0 Å². The molecule has 0 fully saturated rings. The number of nitrogens with zero attached hydrogens (tertiary/aromatic N) is 1. The molecular formula is C18H26N2O6. The maximum absolute atomic E-state index is 12.1. The summed E-state index contributed by atoms with van der Waals surface area (Å²) in [5, 5.41) is 2.38. The molecular weight excluding hydrogens is 340 g/mol. The van der Waals surface area contributed by atoms with Crippen molar-refractivity contribution in [2.45, 2.75) is 19.8 Å². The lowest BCUT2D eigenvalue weighted by Crippen LogP contribution is -2.38. The van der Waals surface area contributed by atoms with E-state index in [1.807, 2.05) is 0 Å². The molecule has 0 aliphatic rings. The van der Waals surface area contributed by atoms with Crippen molar-refractivity contribution in [3.05, 3.63) is 23.8 Å². The molecule has 26 heavy (non-hydrogen) atoms. The summed E-state index contributed by atoms with van der Waals surface area (Å²) < 4.78 is 15.8. The van der Waals surface area contributed by atoms with Crippen LogP contribution in [0.3, 0.4) is 0 Å². The first kappa shape index (κ1) is 21.3. The summed E-state index contributed by atoms with van der Waals surface area (Å²) in [6.45, 7) is 1.99. The third-order valence-electron chi connectivity index (χ3n) is 3.42. The number of ether oxygens (including phenoxy) is 3. The number of esters is 1. The number of rotatable bonds is 10. The molecule has 144 valence electrons. The zero-order chi connectivity index (χ0) is 19.5. The predicted octanol–water partition coefficient (Wildman–Crippen LogP) is 1.24. The molecule has 1 rings (SSSR count). The van der Waals surface area contributed by atoms with Gasteiger partial charge in [-0.25, -0.2) is 4.79 Å². The largest absolute Gasteiger partial charge is 0.493 e. The smallest absolute Gasteiger partial charge is 0.338 e. The number of hydrogen-bond acceptors (Lipinski definition) is 6. The maximum atomic E-state index is 12.1. The van der Waals surface area contributed by atoms with E-state index >= 15 is 0 Å². The molecule has 0 saturated heterocycles. The van der Waals surface area contributed by atoms with Gasteiger partial charge in [0.2, 0.25) is 5.91 Å². The van der Waals surface area contributed by atoms with Gasteiger partial charge in [-0.1, -0.05) is 13.3 Å². The molecule has 1 aromatic carbocycles. The molecule has 1 aromatic rings. The zero-order valence-corrected chi connectivity index (χ0v) is 15.7. The number of amides is 2. The van der Waals surface area contributed by atoms with Gasteiger partial charge in [-0.2, -0.15) is 0 Å². The Hall–Kier alpha value is -2.77. The van der Waals surface area contributed by atoms with Gasteiger partial charge in [-0.05, 0) is 24.6 Å². The van der Waals surface area contributed by atoms with Gasteiger partial charge in [0.25, 0.3) is 5.91 Å². The quantitative estimate of drug-likeness (QED) is 0.494. The lowest BCUT2D eigenvalue weighted by atomic mass is 10.2. The molecule has 0 spiro atoms. The Balaban J connectivity index is 2.56. The van der Waals surface area contributed by atoms with Crippen LogP contribution < -0.4 is 14.8 Å². The van der Waals surface area contributed by atoms with E-state index in [9.17, 15) is 14.4 Å². The standard InChI is InChI=1S/C18H26N2O6/c1-5-6-9-25-14-8-7-13(10-15(14)24-4)18(23)26-12-16(21)19-11-17(22)20(2)3/h7-8,10H,5-6,9,11-12H2,1-4H3,(H,19,21). The molecule has 0 aliphatic carbocycles. The second kappa shape index (κ2) is 11.0. The number of benzene rings is 1. The molecule has 0 radical (unpaired) electrons. The van der Waals surface area contributed by atoms with Crippen LogP contribution in [0.4, 0.5) is 0 Å². The summed E-state index contributed by atoms with van der Waals surface area (Å²) in [7, 11) is 4.64. The van der Waals surface area contributed by atoms with Gasteiger partial charge < -0.3 is 24.4 Å². The van der Waals surface area contributed by atoms with E-state index in [2.05, 4.69) is 12.2 Å². The SMILES string of the molecule is CCCCOc1ccc(C(=O)OCC(=O)NCC(=O)N(C)C)cc1OC. The zero-order valence-electron chi connectivity index (χ0n) is 15.7. The molecule has 0 aliphatic heterocycles. The van der Waals surface area contributed by atoms with Crippen molar-refractivity contribution in [2.75, 3.05) is 41.0 Å². The van der Waals surface area contributed by atoms with Crippen molar-refractivity contribution < 1.29 is 28.6 Å². The maximum Gasteiger partial charge on any atom is 0.338 e. The van der Waals surface area contributed by atoms with Gasteiger partial charge in [-0.3, -0.25) is 9.59 Å². The summed E-state index contributed by atoms with van der Waals surface area (Å²) in [5.74, 6) is -0.528. The summed E-state index contributed by atoms with van der Waals surface area (Å²) in [4.78, 5) is 36.4. The van der Waals surface area contributed by atoms with Gasteiger partial charge >= 0.3 is 5.97 Å². The summed E-state index contributed by atoms with van der Waals surface area (Å²) >= 11 is 0. The lowest BCUT2D eigenvalue weighted by molar-refractivity contribution is -0.131. The van der Waals surface area contributed by atoms with Gasteiger partial charge in [0, 0.05) is 14.1 Å². The van der Waals surface area contributed by atoms with Crippen LogP contribution in [-0.2, 0) is 14.3 Å². The Bertz CT molecular complexity index is 630. The summed E-state index contributed by atoms with van der Waals surface area (Å²) in [6.07, 6.45) is 1.92. The highest BCUT2D eigenvalue weighted by Crippen LogP contribution is 2.28. The summed E-state index contributed by atoms with van der Waals surface area (Å²) in [6, 6.07) is 4.66. The third-order valence-corrected chi connectivity index (χ3v) is 3.42. The average molecular weight is 366 g/mol. The number of carbonyl (C=O) groups excluding carboxylic acids is 3. The highest BCUT2D eigenvalue weighted by Gasteiger charge is 2.14. The van der Waals surface area contributed by atoms with Crippen molar-refractivity contribution in [3.8, 4) is 11.5 Å². The van der Waals surface area contributed by atoms with Gasteiger partial charge in [0.05, 0.1) is 25.8 Å². The van der Waals surface area contributed by atoms with Gasteiger partial charge in [0.1, 0.15) is 0 Å². The summed E-state index contributed by atoms with van der Waals surface area (Å²) in [5.41, 5.74) is 0.238. The fourth-order valence-corrected chi connectivity index (χ4v) is 1.84. The molecule has 1 N–H and O–H groups in total. The number of unbranched alkanes of at least 4 members (excludes halogenated alkanes) is 1. The fraction of sp³-hybridized carbons (Fsp3) is 0.500. The highest BCUT2D eigenvalue weighted by molar-refractivity contribution is 5.92. The predicted molar refractivity (Wildman–Crippen MR) is 95.4 cm³/mol. The third kappa shape index (κ3) is 7.00. The molecule has 0 unspecified atom stereocenters. The van der Waals surface area contributed by atoms with Crippen molar-refractivity contribution in [1.82, 2.24) is 10.2 Å². The van der Waals surface area contributed by atoms with Crippen LogP contribution in [0.15, 0.2) is 18.2 Å². The first-order chi connectivity index (χ1) is 12.4. The molecule has 8 nitrogen and oxygen atoms in total. The Kier molecular flexibility index (Phi) is 8.97. The Morgan fingerprint density at radius 1 is 1.15 bits per heavy atom. The number of methoxy groups -OCH3 is 1. The van der Waals surface area contributed by atoms with E-state index in [1.165, 1.54) is 18.1 Å². The molecule has 0 atom stereocenters. The average Bonchev–Trinajstić information content (AvgIpc) is 2.64. The molecule has 0 aromatic heterocycles. The van der Waals surface area contributed by atoms with E-state index in [4.69, 9.17) is 14.2 Å². The lowest BCUT2D eigenvalue weighted by Gasteiger charge is -2.12. The van der Waals surface area contributed by atoms with Crippen LogP contribution in [0.1, 0.15) is 30.1 Å². The molecule has 2 amide bonds. The molecule has 0 heterocycles. The van der Waals surface area contributed by atoms with Crippen LogP contribution in [0.5, 0.6) is 11.5 Å². The second-order valence-electron chi connectivity index (χ2n) is 5.71. The van der Waals surface area contributed by atoms with Crippen LogP contribution in [0.2, 0.25) is 0 Å². The molecule has 0 bridgehead atoms. The number of likely N-dealkylation sites (N-methyl/N-ethyl adjacent to an activating group) is 1. The minimum absolute atomic E-state index is 0.152. The fourth-order valence-electron chi connectivity index (χ4n) is 1.84. The minimum atomic E-state index is -0.669. The van der Waals surface area contributed by atoms with Crippen molar-refractivity contribution >= 4 is 17.8 Å². The first-order valence-corrected chi connectivity index (χ1v) is 8.33. The second-order valence-corrected chi connectivity index (χ2v) is 5.71.